The van der Waals surface area contributed by atoms with Crippen molar-refractivity contribution >= 4 is 5.91 Å². The van der Waals surface area contributed by atoms with E-state index in [1.807, 2.05) is 4.90 Å². The second kappa shape index (κ2) is 5.78. The van der Waals surface area contributed by atoms with E-state index in [0.717, 1.165) is 32.4 Å². The predicted octanol–water partition coefficient (Wildman–Crippen LogP) is 2.22. The molecule has 2 rings (SSSR count). The third-order valence-electron chi connectivity index (χ3n) is 4.16. The van der Waals surface area contributed by atoms with Gasteiger partial charge in [-0.15, -0.1) is 0 Å². The molecule has 0 fully saturated rings. The number of amides is 1. The molecule has 4 nitrogen and oxygen atoms in total. The summed E-state index contributed by atoms with van der Waals surface area (Å²) in [5.74, 6) is 0.103. The first-order chi connectivity index (χ1) is 9.06. The van der Waals surface area contributed by atoms with E-state index < -0.39 is 0 Å². The lowest BCUT2D eigenvalue weighted by molar-refractivity contribution is -0.136. The van der Waals surface area contributed by atoms with E-state index in [4.69, 9.17) is 5.73 Å². The molecule has 0 saturated heterocycles. The molecule has 2 atom stereocenters. The SMILES string of the molecule is CCCCC(N)C(=O)N1CCn2c(C)ccc2C1C. The summed E-state index contributed by atoms with van der Waals surface area (Å²) in [7, 11) is 0. The van der Waals surface area contributed by atoms with Gasteiger partial charge in [0.2, 0.25) is 5.91 Å². The molecular weight excluding hydrogens is 238 g/mol. The molecule has 0 radical (unpaired) electrons. The van der Waals surface area contributed by atoms with Crippen LogP contribution in [0.4, 0.5) is 0 Å². The monoisotopic (exact) mass is 263 g/mol. The van der Waals surface area contributed by atoms with Crippen molar-refractivity contribution in [2.75, 3.05) is 6.54 Å². The molecule has 2 heterocycles. The van der Waals surface area contributed by atoms with Crippen LogP contribution >= 0.6 is 0 Å². The zero-order chi connectivity index (χ0) is 14.0. The summed E-state index contributed by atoms with van der Waals surface area (Å²) in [4.78, 5) is 14.4. The molecule has 0 aromatic carbocycles. The molecule has 106 valence electrons. The Labute approximate surface area is 115 Å². The van der Waals surface area contributed by atoms with Crippen LogP contribution in [0.1, 0.15) is 50.5 Å². The van der Waals surface area contributed by atoms with Crippen LogP contribution in [0.3, 0.4) is 0 Å². The molecule has 1 aliphatic rings. The van der Waals surface area contributed by atoms with Gasteiger partial charge in [-0.25, -0.2) is 0 Å². The van der Waals surface area contributed by atoms with Gasteiger partial charge in [-0.3, -0.25) is 4.79 Å². The average Bonchev–Trinajstić information content (AvgIpc) is 2.78. The van der Waals surface area contributed by atoms with Crippen LogP contribution < -0.4 is 5.73 Å². The van der Waals surface area contributed by atoms with Crippen molar-refractivity contribution in [3.05, 3.63) is 23.5 Å². The van der Waals surface area contributed by atoms with Crippen LogP contribution in [-0.2, 0) is 11.3 Å². The van der Waals surface area contributed by atoms with Crippen molar-refractivity contribution in [1.82, 2.24) is 9.47 Å². The lowest BCUT2D eigenvalue weighted by Gasteiger charge is -2.37. The fourth-order valence-electron chi connectivity index (χ4n) is 2.88. The highest BCUT2D eigenvalue weighted by Gasteiger charge is 2.30. The summed E-state index contributed by atoms with van der Waals surface area (Å²) in [6.07, 6.45) is 2.89. The zero-order valence-corrected chi connectivity index (χ0v) is 12.2. The molecule has 1 aromatic heterocycles. The van der Waals surface area contributed by atoms with Gasteiger partial charge in [-0.2, -0.15) is 0 Å². The molecule has 0 bridgehead atoms. The predicted molar refractivity (Wildman–Crippen MR) is 76.8 cm³/mol. The quantitative estimate of drug-likeness (QED) is 0.905. The summed E-state index contributed by atoms with van der Waals surface area (Å²) in [6, 6.07) is 4.03. The number of carbonyl (C=O) groups is 1. The third-order valence-corrected chi connectivity index (χ3v) is 4.16. The van der Waals surface area contributed by atoms with E-state index in [1.165, 1.54) is 11.4 Å². The first-order valence-electron chi connectivity index (χ1n) is 7.28. The van der Waals surface area contributed by atoms with Crippen molar-refractivity contribution in [1.29, 1.82) is 0 Å². The normalized spacial score (nSPS) is 20.2. The van der Waals surface area contributed by atoms with E-state index in [9.17, 15) is 4.79 Å². The second-order valence-electron chi connectivity index (χ2n) is 5.51. The van der Waals surface area contributed by atoms with Gasteiger partial charge in [0.1, 0.15) is 0 Å². The molecule has 1 aromatic rings. The van der Waals surface area contributed by atoms with E-state index >= 15 is 0 Å². The molecule has 2 N–H and O–H groups in total. The minimum atomic E-state index is -0.343. The number of nitrogens with zero attached hydrogens (tertiary/aromatic N) is 2. The summed E-state index contributed by atoms with van der Waals surface area (Å²) in [5, 5.41) is 0. The topological polar surface area (TPSA) is 51.3 Å². The van der Waals surface area contributed by atoms with Crippen molar-refractivity contribution in [3.63, 3.8) is 0 Å². The molecule has 1 amide bonds. The summed E-state index contributed by atoms with van der Waals surface area (Å²) in [5.41, 5.74) is 8.51. The van der Waals surface area contributed by atoms with E-state index in [0.29, 0.717) is 0 Å². The molecule has 19 heavy (non-hydrogen) atoms. The van der Waals surface area contributed by atoms with Crippen LogP contribution in [0.2, 0.25) is 0 Å². The van der Waals surface area contributed by atoms with E-state index in [-0.39, 0.29) is 18.0 Å². The fourth-order valence-corrected chi connectivity index (χ4v) is 2.88. The molecule has 4 heteroatoms. The molecule has 0 spiro atoms. The number of carbonyl (C=O) groups excluding carboxylic acids is 1. The summed E-state index contributed by atoms with van der Waals surface area (Å²) < 4.78 is 2.30. The van der Waals surface area contributed by atoms with Crippen molar-refractivity contribution < 1.29 is 4.79 Å². The summed E-state index contributed by atoms with van der Waals surface area (Å²) in [6.45, 7) is 7.97. The molecular formula is C15H25N3O. The van der Waals surface area contributed by atoms with Crippen molar-refractivity contribution in [2.45, 2.75) is 58.7 Å². The maximum Gasteiger partial charge on any atom is 0.240 e. The second-order valence-corrected chi connectivity index (χ2v) is 5.51. The van der Waals surface area contributed by atoms with Gasteiger partial charge in [0.15, 0.2) is 0 Å². The Hall–Kier alpha value is -1.29. The lowest BCUT2D eigenvalue weighted by atomic mass is 10.1. The number of aryl methyl sites for hydroxylation is 1. The number of unbranched alkanes of at least 4 members (excludes halogenated alkanes) is 1. The number of rotatable bonds is 4. The van der Waals surface area contributed by atoms with Gasteiger partial charge in [0, 0.05) is 24.5 Å². The van der Waals surface area contributed by atoms with Gasteiger partial charge >= 0.3 is 0 Å². The first kappa shape index (κ1) is 14.1. The minimum Gasteiger partial charge on any atom is -0.345 e. The smallest absolute Gasteiger partial charge is 0.240 e. The van der Waals surface area contributed by atoms with Gasteiger partial charge in [-0.1, -0.05) is 19.8 Å². The maximum absolute atomic E-state index is 12.4. The van der Waals surface area contributed by atoms with Crippen molar-refractivity contribution in [3.8, 4) is 0 Å². The Morgan fingerprint density at radius 3 is 2.89 bits per heavy atom. The Kier molecular flexibility index (Phi) is 4.30. The number of hydrogen-bond acceptors (Lipinski definition) is 2. The third kappa shape index (κ3) is 2.68. The van der Waals surface area contributed by atoms with Gasteiger partial charge in [0.05, 0.1) is 12.1 Å². The van der Waals surface area contributed by atoms with Gasteiger partial charge in [-0.05, 0) is 32.4 Å². The largest absolute Gasteiger partial charge is 0.345 e. The highest BCUT2D eigenvalue weighted by Crippen LogP contribution is 2.27. The lowest BCUT2D eigenvalue weighted by Crippen LogP contribution is -2.48. The van der Waals surface area contributed by atoms with E-state index in [1.54, 1.807) is 0 Å². The average molecular weight is 263 g/mol. The standard InChI is InChI=1S/C15H25N3O/c1-4-5-6-13(16)15(19)18-10-9-17-11(2)7-8-14(17)12(18)3/h7-8,12-13H,4-6,9-10,16H2,1-3H3. The number of aromatic nitrogens is 1. The zero-order valence-electron chi connectivity index (χ0n) is 12.2. The Morgan fingerprint density at radius 1 is 1.47 bits per heavy atom. The first-order valence-corrected chi connectivity index (χ1v) is 7.28. The highest BCUT2D eigenvalue weighted by molar-refractivity contribution is 5.82. The van der Waals surface area contributed by atoms with E-state index in [2.05, 4.69) is 37.5 Å². The number of hydrogen-bond donors (Lipinski definition) is 1. The number of nitrogens with two attached hydrogens (primary N) is 1. The maximum atomic E-state index is 12.4. The van der Waals surface area contributed by atoms with Crippen LogP contribution in [0.15, 0.2) is 12.1 Å². The molecule has 1 aliphatic heterocycles. The minimum absolute atomic E-state index is 0.103. The van der Waals surface area contributed by atoms with Crippen LogP contribution in [0.25, 0.3) is 0 Å². The van der Waals surface area contributed by atoms with Gasteiger partial charge in [0.25, 0.3) is 0 Å². The van der Waals surface area contributed by atoms with Crippen molar-refractivity contribution in [2.24, 2.45) is 5.73 Å². The highest BCUT2D eigenvalue weighted by atomic mass is 16.2. The Morgan fingerprint density at radius 2 is 2.21 bits per heavy atom. The molecule has 2 unspecified atom stereocenters. The van der Waals surface area contributed by atoms with Gasteiger partial charge < -0.3 is 15.2 Å². The van der Waals surface area contributed by atoms with Crippen LogP contribution in [-0.4, -0.2) is 28.0 Å². The Balaban J connectivity index is 2.09. The van der Waals surface area contributed by atoms with Crippen LogP contribution in [0, 0.1) is 6.92 Å². The van der Waals surface area contributed by atoms with Crippen LogP contribution in [0.5, 0.6) is 0 Å². The Bertz CT molecular complexity index is 452. The molecule has 0 saturated carbocycles. The molecule has 0 aliphatic carbocycles. The number of fused-ring (bicyclic) bond motifs is 1. The fraction of sp³-hybridized carbons (Fsp3) is 0.667. The summed E-state index contributed by atoms with van der Waals surface area (Å²) >= 11 is 0.